The number of nitrogens with zero attached hydrogens (tertiary/aromatic N) is 2. The molecule has 0 bridgehead atoms. The van der Waals surface area contributed by atoms with Crippen molar-refractivity contribution in [3.8, 4) is 5.75 Å². The maximum atomic E-state index is 12.6. The van der Waals surface area contributed by atoms with Gasteiger partial charge in [-0.05, 0) is 36.4 Å². The molecular formula is C18H19BrN2O4S. The second-order valence-corrected chi connectivity index (χ2v) is 8.69. The Bertz CT molecular complexity index is 849. The average Bonchev–Trinajstić information content (AvgIpc) is 2.68. The highest BCUT2D eigenvalue weighted by Gasteiger charge is 2.30. The standard InChI is InChI=1S/C18H19BrN2O4S/c19-15-6-8-16(9-7-15)25-14-18(22)20-10-12-21(13-11-20)26(23,24)17-4-2-1-3-5-17/h1-9H,10-14H2. The van der Waals surface area contributed by atoms with Crippen LogP contribution in [0.4, 0.5) is 0 Å². The van der Waals surface area contributed by atoms with Gasteiger partial charge >= 0.3 is 0 Å². The van der Waals surface area contributed by atoms with Crippen LogP contribution in [0.2, 0.25) is 0 Å². The number of rotatable bonds is 5. The minimum Gasteiger partial charge on any atom is -0.484 e. The molecule has 0 aromatic heterocycles. The van der Waals surface area contributed by atoms with Crippen molar-refractivity contribution in [2.45, 2.75) is 4.90 Å². The lowest BCUT2D eigenvalue weighted by molar-refractivity contribution is -0.134. The molecule has 3 rings (SSSR count). The third-order valence-electron chi connectivity index (χ3n) is 4.15. The van der Waals surface area contributed by atoms with Gasteiger partial charge in [-0.2, -0.15) is 4.31 Å². The number of halogens is 1. The highest BCUT2D eigenvalue weighted by atomic mass is 79.9. The molecule has 0 unspecified atom stereocenters. The summed E-state index contributed by atoms with van der Waals surface area (Å²) in [7, 11) is -3.51. The Hall–Kier alpha value is -1.90. The molecular weight excluding hydrogens is 420 g/mol. The fraction of sp³-hybridized carbons (Fsp3) is 0.278. The minimum atomic E-state index is -3.51. The summed E-state index contributed by atoms with van der Waals surface area (Å²) in [4.78, 5) is 14.2. The first-order valence-electron chi connectivity index (χ1n) is 8.18. The van der Waals surface area contributed by atoms with Gasteiger partial charge in [-0.3, -0.25) is 4.79 Å². The number of amides is 1. The molecule has 6 nitrogen and oxygen atoms in total. The second-order valence-electron chi connectivity index (χ2n) is 5.84. The Morgan fingerprint density at radius 3 is 2.19 bits per heavy atom. The number of carbonyl (C=O) groups is 1. The van der Waals surface area contributed by atoms with Gasteiger partial charge in [0.1, 0.15) is 5.75 Å². The quantitative estimate of drug-likeness (QED) is 0.718. The van der Waals surface area contributed by atoms with Crippen molar-refractivity contribution < 1.29 is 17.9 Å². The van der Waals surface area contributed by atoms with E-state index in [0.29, 0.717) is 18.8 Å². The number of hydrogen-bond acceptors (Lipinski definition) is 4. The van der Waals surface area contributed by atoms with Crippen LogP contribution in [0.1, 0.15) is 0 Å². The van der Waals surface area contributed by atoms with Gasteiger partial charge in [0, 0.05) is 30.7 Å². The summed E-state index contributed by atoms with van der Waals surface area (Å²) >= 11 is 3.34. The van der Waals surface area contributed by atoms with E-state index in [1.807, 2.05) is 12.1 Å². The molecule has 0 spiro atoms. The van der Waals surface area contributed by atoms with E-state index in [0.717, 1.165) is 4.47 Å². The topological polar surface area (TPSA) is 66.9 Å². The van der Waals surface area contributed by atoms with E-state index in [4.69, 9.17) is 4.74 Å². The summed E-state index contributed by atoms with van der Waals surface area (Å²) in [5, 5.41) is 0. The fourth-order valence-corrected chi connectivity index (χ4v) is 4.39. The van der Waals surface area contributed by atoms with Gasteiger partial charge < -0.3 is 9.64 Å². The van der Waals surface area contributed by atoms with Crippen molar-refractivity contribution in [1.82, 2.24) is 9.21 Å². The molecule has 0 N–H and O–H groups in total. The molecule has 1 aliphatic rings. The van der Waals surface area contributed by atoms with Gasteiger partial charge in [-0.15, -0.1) is 0 Å². The minimum absolute atomic E-state index is 0.0624. The highest BCUT2D eigenvalue weighted by Crippen LogP contribution is 2.18. The Morgan fingerprint density at radius 2 is 1.58 bits per heavy atom. The van der Waals surface area contributed by atoms with E-state index in [-0.39, 0.29) is 30.5 Å². The zero-order valence-electron chi connectivity index (χ0n) is 14.0. The molecule has 2 aromatic rings. The average molecular weight is 439 g/mol. The number of sulfonamides is 1. The first-order valence-corrected chi connectivity index (χ1v) is 10.4. The van der Waals surface area contributed by atoms with Crippen LogP contribution in [0.3, 0.4) is 0 Å². The summed E-state index contributed by atoms with van der Waals surface area (Å²) in [6.07, 6.45) is 0. The molecule has 1 aliphatic heterocycles. The molecule has 2 aromatic carbocycles. The zero-order chi connectivity index (χ0) is 18.6. The van der Waals surface area contributed by atoms with Crippen LogP contribution in [0, 0.1) is 0 Å². The predicted octanol–water partition coefficient (Wildman–Crippen LogP) is 2.36. The van der Waals surface area contributed by atoms with Gasteiger partial charge in [0.15, 0.2) is 6.61 Å². The third-order valence-corrected chi connectivity index (χ3v) is 6.59. The second kappa shape index (κ2) is 8.20. The van der Waals surface area contributed by atoms with Gasteiger partial charge in [0.25, 0.3) is 5.91 Å². The van der Waals surface area contributed by atoms with E-state index in [9.17, 15) is 13.2 Å². The van der Waals surface area contributed by atoms with E-state index < -0.39 is 10.0 Å². The molecule has 0 radical (unpaired) electrons. The summed E-state index contributed by atoms with van der Waals surface area (Å²) in [5.41, 5.74) is 0. The molecule has 1 heterocycles. The number of ether oxygens (including phenoxy) is 1. The van der Waals surface area contributed by atoms with E-state index in [2.05, 4.69) is 15.9 Å². The van der Waals surface area contributed by atoms with Gasteiger partial charge in [0.05, 0.1) is 4.90 Å². The number of carbonyl (C=O) groups excluding carboxylic acids is 1. The molecule has 0 atom stereocenters. The lowest BCUT2D eigenvalue weighted by atomic mass is 10.3. The predicted molar refractivity (Wildman–Crippen MR) is 101 cm³/mol. The largest absolute Gasteiger partial charge is 0.484 e. The summed E-state index contributed by atoms with van der Waals surface area (Å²) < 4.78 is 33.0. The number of hydrogen-bond donors (Lipinski definition) is 0. The van der Waals surface area contributed by atoms with Crippen LogP contribution in [-0.4, -0.2) is 56.3 Å². The van der Waals surface area contributed by atoms with Crippen LogP contribution < -0.4 is 4.74 Å². The van der Waals surface area contributed by atoms with E-state index >= 15 is 0 Å². The van der Waals surface area contributed by atoms with Crippen molar-refractivity contribution in [2.75, 3.05) is 32.8 Å². The molecule has 1 fully saturated rings. The van der Waals surface area contributed by atoms with Crippen molar-refractivity contribution in [3.05, 3.63) is 59.1 Å². The highest BCUT2D eigenvalue weighted by molar-refractivity contribution is 9.10. The Kier molecular flexibility index (Phi) is 5.95. The normalized spacial score (nSPS) is 15.7. The first kappa shape index (κ1) is 18.9. The Labute approximate surface area is 161 Å². The van der Waals surface area contributed by atoms with Crippen LogP contribution in [0.5, 0.6) is 5.75 Å². The van der Waals surface area contributed by atoms with Crippen LogP contribution in [0.25, 0.3) is 0 Å². The molecule has 0 aliphatic carbocycles. The SMILES string of the molecule is O=C(COc1ccc(Br)cc1)N1CCN(S(=O)(=O)c2ccccc2)CC1. The maximum Gasteiger partial charge on any atom is 0.260 e. The van der Waals surface area contributed by atoms with Crippen LogP contribution in [0.15, 0.2) is 64.0 Å². The molecule has 1 saturated heterocycles. The molecule has 138 valence electrons. The van der Waals surface area contributed by atoms with Gasteiger partial charge in [-0.25, -0.2) is 8.42 Å². The van der Waals surface area contributed by atoms with Gasteiger partial charge in [0.2, 0.25) is 10.0 Å². The molecule has 8 heteroatoms. The van der Waals surface area contributed by atoms with Crippen molar-refractivity contribution in [1.29, 1.82) is 0 Å². The maximum absolute atomic E-state index is 12.6. The molecule has 26 heavy (non-hydrogen) atoms. The zero-order valence-corrected chi connectivity index (χ0v) is 16.4. The molecule has 0 saturated carbocycles. The van der Waals surface area contributed by atoms with E-state index in [1.165, 1.54) is 4.31 Å². The Morgan fingerprint density at radius 1 is 0.962 bits per heavy atom. The number of piperazine rings is 1. The Balaban J connectivity index is 1.53. The van der Waals surface area contributed by atoms with Crippen molar-refractivity contribution in [2.24, 2.45) is 0 Å². The monoisotopic (exact) mass is 438 g/mol. The smallest absolute Gasteiger partial charge is 0.260 e. The van der Waals surface area contributed by atoms with E-state index in [1.54, 1.807) is 47.4 Å². The lowest BCUT2D eigenvalue weighted by Crippen LogP contribution is -2.51. The lowest BCUT2D eigenvalue weighted by Gasteiger charge is -2.33. The first-order chi connectivity index (χ1) is 12.5. The third kappa shape index (κ3) is 4.44. The van der Waals surface area contributed by atoms with Crippen molar-refractivity contribution >= 4 is 31.9 Å². The van der Waals surface area contributed by atoms with Crippen LogP contribution >= 0.6 is 15.9 Å². The van der Waals surface area contributed by atoms with Crippen molar-refractivity contribution in [3.63, 3.8) is 0 Å². The van der Waals surface area contributed by atoms with Crippen LogP contribution in [-0.2, 0) is 14.8 Å². The molecule has 1 amide bonds. The fourth-order valence-electron chi connectivity index (χ4n) is 2.69. The summed E-state index contributed by atoms with van der Waals surface area (Å²) in [5.74, 6) is 0.469. The van der Waals surface area contributed by atoms with Gasteiger partial charge in [-0.1, -0.05) is 34.1 Å². The number of benzene rings is 2. The summed E-state index contributed by atoms with van der Waals surface area (Å²) in [6, 6.07) is 15.6. The summed E-state index contributed by atoms with van der Waals surface area (Å²) in [6.45, 7) is 1.21.